The standard InChI is InChI=1S/C18H19N5O3/c1-12-6-7-15(26-12)18-20-22-23(21-18)11-17(24)19-10-16-14-5-3-2-4-13(14)8-9-25-16/h2-7,16H,8-11H2,1H3,(H,19,24)/t16-/m0/s1. The molecule has 134 valence electrons. The highest BCUT2D eigenvalue weighted by atomic mass is 16.5. The zero-order chi connectivity index (χ0) is 17.9. The van der Waals surface area contributed by atoms with Gasteiger partial charge in [0, 0.05) is 6.54 Å². The predicted octanol–water partition coefficient (Wildman–Crippen LogP) is 1.67. The number of aromatic nitrogens is 4. The maximum absolute atomic E-state index is 12.2. The summed E-state index contributed by atoms with van der Waals surface area (Å²) >= 11 is 0. The van der Waals surface area contributed by atoms with Crippen LogP contribution >= 0.6 is 0 Å². The molecule has 1 atom stereocenters. The Labute approximate surface area is 150 Å². The lowest BCUT2D eigenvalue weighted by molar-refractivity contribution is -0.122. The van der Waals surface area contributed by atoms with Gasteiger partial charge >= 0.3 is 0 Å². The fourth-order valence-corrected chi connectivity index (χ4v) is 3.00. The molecule has 0 unspecified atom stereocenters. The van der Waals surface area contributed by atoms with Gasteiger partial charge < -0.3 is 14.5 Å². The number of nitrogens with one attached hydrogen (secondary N) is 1. The molecule has 3 heterocycles. The van der Waals surface area contributed by atoms with Crippen LogP contribution in [0.4, 0.5) is 0 Å². The average Bonchev–Trinajstić information content (AvgIpc) is 3.29. The first-order valence-corrected chi connectivity index (χ1v) is 8.50. The van der Waals surface area contributed by atoms with Crippen molar-refractivity contribution in [2.75, 3.05) is 13.2 Å². The van der Waals surface area contributed by atoms with Crippen LogP contribution in [-0.4, -0.2) is 39.3 Å². The molecule has 26 heavy (non-hydrogen) atoms. The molecule has 8 heteroatoms. The van der Waals surface area contributed by atoms with Crippen molar-refractivity contribution < 1.29 is 13.9 Å². The van der Waals surface area contributed by atoms with Gasteiger partial charge in [-0.05, 0) is 41.8 Å². The fraction of sp³-hybridized carbons (Fsp3) is 0.333. The number of carbonyl (C=O) groups excluding carboxylic acids is 1. The number of tetrazole rings is 1. The normalized spacial score (nSPS) is 16.3. The summed E-state index contributed by atoms with van der Waals surface area (Å²) < 4.78 is 11.2. The van der Waals surface area contributed by atoms with Gasteiger partial charge in [-0.15, -0.1) is 10.2 Å². The molecule has 8 nitrogen and oxygen atoms in total. The van der Waals surface area contributed by atoms with E-state index in [0.717, 1.165) is 17.7 Å². The summed E-state index contributed by atoms with van der Waals surface area (Å²) in [6.07, 6.45) is 0.771. The Morgan fingerprint density at radius 3 is 3.04 bits per heavy atom. The second-order valence-corrected chi connectivity index (χ2v) is 6.17. The average molecular weight is 353 g/mol. The second-order valence-electron chi connectivity index (χ2n) is 6.17. The third-order valence-corrected chi connectivity index (χ3v) is 4.28. The number of carbonyl (C=O) groups is 1. The minimum atomic E-state index is -0.198. The summed E-state index contributed by atoms with van der Waals surface area (Å²) in [5.41, 5.74) is 2.41. The highest BCUT2D eigenvalue weighted by Crippen LogP contribution is 2.26. The van der Waals surface area contributed by atoms with Crippen molar-refractivity contribution in [1.82, 2.24) is 25.5 Å². The molecule has 0 saturated heterocycles. The maximum Gasteiger partial charge on any atom is 0.243 e. The molecule has 1 aliphatic rings. The van der Waals surface area contributed by atoms with E-state index in [0.29, 0.717) is 24.7 Å². The molecule has 4 rings (SSSR count). The van der Waals surface area contributed by atoms with Gasteiger partial charge in [0.2, 0.25) is 11.7 Å². The minimum Gasteiger partial charge on any atom is -0.458 e. The van der Waals surface area contributed by atoms with Crippen LogP contribution in [0.3, 0.4) is 0 Å². The van der Waals surface area contributed by atoms with E-state index < -0.39 is 0 Å². The Morgan fingerprint density at radius 1 is 1.31 bits per heavy atom. The van der Waals surface area contributed by atoms with Crippen LogP contribution in [0.15, 0.2) is 40.8 Å². The second kappa shape index (κ2) is 7.09. The first-order chi connectivity index (χ1) is 12.7. The molecule has 0 saturated carbocycles. The number of amides is 1. The number of hydrogen-bond acceptors (Lipinski definition) is 6. The Kier molecular flexibility index (Phi) is 4.49. The van der Waals surface area contributed by atoms with E-state index in [-0.39, 0.29) is 18.6 Å². The lowest BCUT2D eigenvalue weighted by Crippen LogP contribution is -2.34. The van der Waals surface area contributed by atoms with E-state index in [9.17, 15) is 4.79 Å². The SMILES string of the molecule is Cc1ccc(-c2nnn(CC(=O)NC[C@@H]3OCCc4ccccc43)n2)o1. The van der Waals surface area contributed by atoms with E-state index in [2.05, 4.69) is 26.8 Å². The summed E-state index contributed by atoms with van der Waals surface area (Å²) in [6.45, 7) is 2.90. The van der Waals surface area contributed by atoms with Gasteiger partial charge in [0.25, 0.3) is 0 Å². The van der Waals surface area contributed by atoms with Gasteiger partial charge in [-0.3, -0.25) is 4.79 Å². The van der Waals surface area contributed by atoms with Crippen molar-refractivity contribution in [2.45, 2.75) is 26.0 Å². The van der Waals surface area contributed by atoms with E-state index in [4.69, 9.17) is 9.15 Å². The lowest BCUT2D eigenvalue weighted by atomic mass is 9.97. The van der Waals surface area contributed by atoms with Crippen LogP contribution < -0.4 is 5.32 Å². The third-order valence-electron chi connectivity index (χ3n) is 4.28. The summed E-state index contributed by atoms with van der Waals surface area (Å²) in [7, 11) is 0. The highest BCUT2D eigenvalue weighted by Gasteiger charge is 2.21. The molecule has 1 aliphatic heterocycles. The number of furan rings is 1. The number of ether oxygens (including phenoxy) is 1. The Balaban J connectivity index is 1.34. The van der Waals surface area contributed by atoms with Gasteiger partial charge in [0.05, 0.1) is 6.61 Å². The molecule has 2 aromatic heterocycles. The van der Waals surface area contributed by atoms with E-state index in [1.807, 2.05) is 31.2 Å². The topological polar surface area (TPSA) is 95.1 Å². The largest absolute Gasteiger partial charge is 0.458 e. The molecule has 0 fully saturated rings. The number of hydrogen-bond donors (Lipinski definition) is 1. The molecule has 0 bridgehead atoms. The van der Waals surface area contributed by atoms with Gasteiger partial charge in [0.1, 0.15) is 18.4 Å². The van der Waals surface area contributed by atoms with Crippen molar-refractivity contribution in [3.05, 3.63) is 53.3 Å². The van der Waals surface area contributed by atoms with Crippen LogP contribution in [0.2, 0.25) is 0 Å². The quantitative estimate of drug-likeness (QED) is 0.750. The number of fused-ring (bicyclic) bond motifs is 1. The monoisotopic (exact) mass is 353 g/mol. The summed E-state index contributed by atoms with van der Waals surface area (Å²) in [5.74, 6) is 1.45. The zero-order valence-electron chi connectivity index (χ0n) is 14.4. The fourth-order valence-electron chi connectivity index (χ4n) is 3.00. The van der Waals surface area contributed by atoms with E-state index in [1.54, 1.807) is 6.07 Å². The zero-order valence-corrected chi connectivity index (χ0v) is 14.4. The van der Waals surface area contributed by atoms with E-state index >= 15 is 0 Å². The Hall–Kier alpha value is -3.00. The maximum atomic E-state index is 12.2. The molecule has 1 N–H and O–H groups in total. The van der Waals surface area contributed by atoms with E-state index in [1.165, 1.54) is 10.4 Å². The van der Waals surface area contributed by atoms with Gasteiger partial charge in [-0.2, -0.15) is 4.80 Å². The highest BCUT2D eigenvalue weighted by molar-refractivity contribution is 5.75. The van der Waals surface area contributed by atoms with Crippen molar-refractivity contribution >= 4 is 5.91 Å². The molecule has 0 spiro atoms. The first kappa shape index (κ1) is 16.5. The Morgan fingerprint density at radius 2 is 2.19 bits per heavy atom. The van der Waals surface area contributed by atoms with Gasteiger partial charge in [-0.1, -0.05) is 24.3 Å². The molecule has 0 aliphatic carbocycles. The van der Waals surface area contributed by atoms with Crippen LogP contribution in [0.1, 0.15) is 23.0 Å². The van der Waals surface area contributed by atoms with Crippen LogP contribution in [0, 0.1) is 6.92 Å². The predicted molar refractivity (Wildman–Crippen MR) is 92.1 cm³/mol. The van der Waals surface area contributed by atoms with Crippen molar-refractivity contribution in [1.29, 1.82) is 0 Å². The summed E-state index contributed by atoms with van der Waals surface area (Å²) in [6, 6.07) is 11.7. The van der Waals surface area contributed by atoms with Gasteiger partial charge in [0.15, 0.2) is 5.76 Å². The van der Waals surface area contributed by atoms with Crippen molar-refractivity contribution in [2.24, 2.45) is 0 Å². The smallest absolute Gasteiger partial charge is 0.243 e. The van der Waals surface area contributed by atoms with Gasteiger partial charge in [-0.25, -0.2) is 0 Å². The van der Waals surface area contributed by atoms with Crippen LogP contribution in [0.5, 0.6) is 0 Å². The molecule has 1 amide bonds. The summed E-state index contributed by atoms with van der Waals surface area (Å²) in [5, 5.41) is 14.9. The number of aryl methyl sites for hydroxylation is 1. The van der Waals surface area contributed by atoms with Crippen molar-refractivity contribution in [3.8, 4) is 11.6 Å². The molecule has 3 aromatic rings. The number of benzene rings is 1. The first-order valence-electron chi connectivity index (χ1n) is 8.50. The number of rotatable bonds is 5. The minimum absolute atomic E-state index is 0.0128. The Bertz CT molecular complexity index is 917. The molecule has 0 radical (unpaired) electrons. The summed E-state index contributed by atoms with van der Waals surface area (Å²) in [4.78, 5) is 13.4. The lowest BCUT2D eigenvalue weighted by Gasteiger charge is -2.26. The van der Waals surface area contributed by atoms with Crippen LogP contribution in [-0.2, 0) is 22.5 Å². The van der Waals surface area contributed by atoms with Crippen LogP contribution in [0.25, 0.3) is 11.6 Å². The third kappa shape index (κ3) is 3.50. The number of nitrogens with zero attached hydrogens (tertiary/aromatic N) is 4. The molecular weight excluding hydrogens is 334 g/mol. The molecular formula is C18H19N5O3. The van der Waals surface area contributed by atoms with Crippen molar-refractivity contribution in [3.63, 3.8) is 0 Å². The molecule has 1 aromatic carbocycles.